The summed E-state index contributed by atoms with van der Waals surface area (Å²) in [5, 5.41) is 17.5. The number of nitro groups is 1. The third-order valence-corrected chi connectivity index (χ3v) is 5.42. The van der Waals surface area contributed by atoms with Gasteiger partial charge in [0.15, 0.2) is 0 Å². The molecule has 0 saturated carbocycles. The lowest BCUT2D eigenvalue weighted by molar-refractivity contribution is -0.384. The number of non-ortho nitro benzene ring substituents is 1. The first kappa shape index (κ1) is 20.2. The molecule has 162 valence electrons. The Kier molecular flexibility index (Phi) is 5.16. The Morgan fingerprint density at radius 2 is 1.85 bits per heavy atom. The molecule has 0 radical (unpaired) electrons. The van der Waals surface area contributed by atoms with Gasteiger partial charge < -0.3 is 15.2 Å². The van der Waals surface area contributed by atoms with E-state index in [1.807, 2.05) is 65.4 Å². The summed E-state index contributed by atoms with van der Waals surface area (Å²) in [6.45, 7) is 0.701. The minimum absolute atomic E-state index is 0.0704. The zero-order valence-corrected chi connectivity index (χ0v) is 17.4. The quantitative estimate of drug-likeness (QED) is 0.257. The van der Waals surface area contributed by atoms with Crippen molar-refractivity contribution in [3.63, 3.8) is 0 Å². The standard InChI is InChI=1S/C25H19N5O3/c31-25-23(21-14-20(30(32)33)10-11-22(21)28-25)24(18-4-2-1-3-5-18)27-19-8-6-17(7-9-19)15-29-13-12-26-16-29/h1-14,16,27H,15H2,(H,28,31)/b24-23-. The molecule has 0 fully saturated rings. The van der Waals surface area contributed by atoms with Crippen molar-refractivity contribution in [1.29, 1.82) is 0 Å². The first-order valence-corrected chi connectivity index (χ1v) is 10.3. The molecule has 8 nitrogen and oxygen atoms in total. The van der Waals surface area contributed by atoms with Crippen LogP contribution in [0.25, 0.3) is 11.3 Å². The highest BCUT2D eigenvalue weighted by atomic mass is 16.6. The molecule has 1 aromatic heterocycles. The van der Waals surface area contributed by atoms with Crippen LogP contribution in [0, 0.1) is 10.1 Å². The number of nitro benzene ring substituents is 1. The third-order valence-electron chi connectivity index (χ3n) is 5.42. The number of imidazole rings is 1. The van der Waals surface area contributed by atoms with Crippen molar-refractivity contribution in [3.05, 3.63) is 118 Å². The lowest BCUT2D eigenvalue weighted by atomic mass is 9.99. The smallest absolute Gasteiger partial charge is 0.270 e. The van der Waals surface area contributed by atoms with Gasteiger partial charge in [0, 0.05) is 48.0 Å². The van der Waals surface area contributed by atoms with Crippen molar-refractivity contribution in [2.45, 2.75) is 6.54 Å². The Bertz CT molecular complexity index is 1360. The maximum absolute atomic E-state index is 13.0. The van der Waals surface area contributed by atoms with E-state index in [-0.39, 0.29) is 11.6 Å². The van der Waals surface area contributed by atoms with E-state index in [0.29, 0.717) is 29.1 Å². The Morgan fingerprint density at radius 3 is 2.55 bits per heavy atom. The van der Waals surface area contributed by atoms with Gasteiger partial charge >= 0.3 is 0 Å². The van der Waals surface area contributed by atoms with Gasteiger partial charge in [-0.3, -0.25) is 14.9 Å². The van der Waals surface area contributed by atoms with Crippen LogP contribution in [0.2, 0.25) is 0 Å². The maximum Gasteiger partial charge on any atom is 0.270 e. The molecule has 2 heterocycles. The molecule has 8 heteroatoms. The molecule has 1 aliphatic heterocycles. The Balaban J connectivity index is 1.56. The number of nitrogens with one attached hydrogen (secondary N) is 2. The third kappa shape index (κ3) is 4.09. The second kappa shape index (κ2) is 8.43. The molecule has 0 unspecified atom stereocenters. The van der Waals surface area contributed by atoms with Crippen molar-refractivity contribution in [2.75, 3.05) is 10.6 Å². The van der Waals surface area contributed by atoms with Crippen LogP contribution in [0.3, 0.4) is 0 Å². The molecule has 1 amide bonds. The maximum atomic E-state index is 13.0. The molecule has 2 N–H and O–H groups in total. The molecule has 1 aliphatic rings. The van der Waals surface area contributed by atoms with Gasteiger partial charge in [-0.2, -0.15) is 0 Å². The number of fused-ring (bicyclic) bond motifs is 1. The predicted molar refractivity (Wildman–Crippen MR) is 126 cm³/mol. The number of amides is 1. The fraction of sp³-hybridized carbons (Fsp3) is 0.0400. The lowest BCUT2D eigenvalue weighted by Crippen LogP contribution is -2.10. The molecule has 33 heavy (non-hydrogen) atoms. The number of carbonyl (C=O) groups excluding carboxylic acids is 1. The second-order valence-corrected chi connectivity index (χ2v) is 7.61. The molecule has 0 spiro atoms. The van der Waals surface area contributed by atoms with E-state index >= 15 is 0 Å². The Labute approximate surface area is 189 Å². The van der Waals surface area contributed by atoms with E-state index in [0.717, 1.165) is 16.8 Å². The van der Waals surface area contributed by atoms with E-state index in [1.165, 1.54) is 12.1 Å². The molecule has 5 rings (SSSR count). The number of nitrogens with zero attached hydrogens (tertiary/aromatic N) is 3. The monoisotopic (exact) mass is 437 g/mol. The normalized spacial score (nSPS) is 13.9. The summed E-state index contributed by atoms with van der Waals surface area (Å²) in [5.74, 6) is -0.312. The average Bonchev–Trinajstić information content (AvgIpc) is 3.45. The van der Waals surface area contributed by atoms with Gasteiger partial charge in [0.1, 0.15) is 0 Å². The average molecular weight is 437 g/mol. The molecule has 0 bridgehead atoms. The molecule has 0 aliphatic carbocycles. The molecule has 0 atom stereocenters. The van der Waals surface area contributed by atoms with Crippen LogP contribution in [-0.2, 0) is 11.3 Å². The zero-order chi connectivity index (χ0) is 22.8. The van der Waals surface area contributed by atoms with E-state index in [9.17, 15) is 14.9 Å². The van der Waals surface area contributed by atoms with Gasteiger partial charge in [-0.25, -0.2) is 4.98 Å². The molecule has 0 saturated heterocycles. The molecular weight excluding hydrogens is 418 g/mol. The molecule has 3 aromatic carbocycles. The fourth-order valence-electron chi connectivity index (χ4n) is 3.83. The van der Waals surface area contributed by atoms with E-state index < -0.39 is 4.92 Å². The number of hydrogen-bond acceptors (Lipinski definition) is 5. The van der Waals surface area contributed by atoms with Crippen molar-refractivity contribution in [2.24, 2.45) is 0 Å². The number of rotatable bonds is 6. The van der Waals surface area contributed by atoms with Crippen molar-refractivity contribution in [1.82, 2.24) is 9.55 Å². The minimum Gasteiger partial charge on any atom is -0.354 e. The summed E-state index contributed by atoms with van der Waals surface area (Å²) < 4.78 is 1.98. The van der Waals surface area contributed by atoms with Crippen molar-refractivity contribution >= 4 is 34.2 Å². The summed E-state index contributed by atoms with van der Waals surface area (Å²) in [7, 11) is 0. The van der Waals surface area contributed by atoms with Crippen molar-refractivity contribution < 1.29 is 9.72 Å². The van der Waals surface area contributed by atoms with Crippen LogP contribution in [0.5, 0.6) is 0 Å². The second-order valence-electron chi connectivity index (χ2n) is 7.61. The van der Waals surface area contributed by atoms with Crippen LogP contribution < -0.4 is 10.6 Å². The van der Waals surface area contributed by atoms with Crippen LogP contribution >= 0.6 is 0 Å². The fourth-order valence-corrected chi connectivity index (χ4v) is 3.83. The van der Waals surface area contributed by atoms with E-state index in [2.05, 4.69) is 15.6 Å². The van der Waals surface area contributed by atoms with Gasteiger partial charge in [0.05, 0.1) is 22.5 Å². The van der Waals surface area contributed by atoms with Crippen LogP contribution in [0.1, 0.15) is 16.7 Å². The van der Waals surface area contributed by atoms with E-state index in [1.54, 1.807) is 18.6 Å². The Morgan fingerprint density at radius 1 is 1.06 bits per heavy atom. The summed E-state index contributed by atoms with van der Waals surface area (Å²) >= 11 is 0. The number of hydrogen-bond donors (Lipinski definition) is 2. The predicted octanol–water partition coefficient (Wildman–Crippen LogP) is 4.77. The van der Waals surface area contributed by atoms with E-state index in [4.69, 9.17) is 0 Å². The highest BCUT2D eigenvalue weighted by molar-refractivity contribution is 6.37. The summed E-state index contributed by atoms with van der Waals surface area (Å²) in [4.78, 5) is 27.9. The van der Waals surface area contributed by atoms with Gasteiger partial charge in [-0.15, -0.1) is 0 Å². The number of aromatic nitrogens is 2. The van der Waals surface area contributed by atoms with Crippen LogP contribution in [0.4, 0.5) is 17.1 Å². The van der Waals surface area contributed by atoms with Gasteiger partial charge in [0.25, 0.3) is 11.6 Å². The molecular formula is C25H19N5O3. The Hall–Kier alpha value is -4.72. The first-order chi connectivity index (χ1) is 16.1. The number of anilines is 2. The summed E-state index contributed by atoms with van der Waals surface area (Å²) in [5.41, 5.74) is 4.61. The topological polar surface area (TPSA) is 102 Å². The van der Waals surface area contributed by atoms with Crippen LogP contribution in [-0.4, -0.2) is 20.4 Å². The highest BCUT2D eigenvalue weighted by Crippen LogP contribution is 2.39. The molecule has 4 aromatic rings. The van der Waals surface area contributed by atoms with Gasteiger partial charge in [0.2, 0.25) is 0 Å². The van der Waals surface area contributed by atoms with Crippen molar-refractivity contribution in [3.8, 4) is 0 Å². The van der Waals surface area contributed by atoms with Crippen LogP contribution in [0.15, 0.2) is 91.5 Å². The largest absolute Gasteiger partial charge is 0.354 e. The SMILES string of the molecule is O=C1Nc2ccc([N+](=O)[O-])cc2/C1=C(/Nc1ccc(Cn2ccnc2)cc1)c1ccccc1. The summed E-state index contributed by atoms with van der Waals surface area (Å²) in [6, 6.07) is 21.7. The number of carbonyl (C=O) groups is 1. The summed E-state index contributed by atoms with van der Waals surface area (Å²) in [6.07, 6.45) is 5.40. The highest BCUT2D eigenvalue weighted by Gasteiger charge is 2.30. The minimum atomic E-state index is -0.463. The van der Waals surface area contributed by atoms with Gasteiger partial charge in [-0.05, 0) is 29.3 Å². The number of benzene rings is 3. The first-order valence-electron chi connectivity index (χ1n) is 10.3. The lowest BCUT2D eigenvalue weighted by Gasteiger charge is -2.15. The van der Waals surface area contributed by atoms with Gasteiger partial charge in [-0.1, -0.05) is 42.5 Å². The zero-order valence-electron chi connectivity index (χ0n) is 17.4.